The maximum atomic E-state index is 6.09. The summed E-state index contributed by atoms with van der Waals surface area (Å²) in [5, 5.41) is 13.7. The second kappa shape index (κ2) is 8.99. The van der Waals surface area contributed by atoms with E-state index in [0.717, 1.165) is 52.0 Å². The molecule has 1 aromatic carbocycles. The van der Waals surface area contributed by atoms with Crippen LogP contribution in [0.25, 0.3) is 38.9 Å². The van der Waals surface area contributed by atoms with Crippen LogP contribution in [-0.2, 0) is 4.74 Å². The Kier molecular flexibility index (Phi) is 5.29. The van der Waals surface area contributed by atoms with Gasteiger partial charge in [-0.05, 0) is 68.4 Å². The van der Waals surface area contributed by atoms with Gasteiger partial charge in [-0.1, -0.05) is 12.1 Å². The van der Waals surface area contributed by atoms with Gasteiger partial charge >= 0.3 is 0 Å². The van der Waals surface area contributed by atoms with Crippen molar-refractivity contribution in [3.8, 4) is 22.4 Å². The van der Waals surface area contributed by atoms with Crippen LogP contribution >= 0.6 is 0 Å². The number of nitrogens with zero attached hydrogens (tertiary/aromatic N) is 6. The van der Waals surface area contributed by atoms with Gasteiger partial charge in [-0.15, -0.1) is 0 Å². The zero-order valence-corrected chi connectivity index (χ0v) is 21.3. The number of nitrogens with one attached hydrogen (secondary N) is 1. The third-order valence-electron chi connectivity index (χ3n) is 8.96. The number of H-pyrrole nitrogens is 1. The van der Waals surface area contributed by atoms with Crippen LogP contribution < -0.4 is 0 Å². The topological polar surface area (TPSA) is 84.2 Å². The van der Waals surface area contributed by atoms with Crippen LogP contribution in [0.3, 0.4) is 0 Å². The van der Waals surface area contributed by atoms with Gasteiger partial charge in [0.15, 0.2) is 5.65 Å². The van der Waals surface area contributed by atoms with E-state index in [1.165, 1.54) is 44.2 Å². The zero-order chi connectivity index (χ0) is 25.1. The first-order valence-corrected chi connectivity index (χ1v) is 13.9. The lowest BCUT2D eigenvalue weighted by atomic mass is 9.83. The Bertz CT molecular complexity index is 1590. The van der Waals surface area contributed by atoms with Crippen molar-refractivity contribution in [2.75, 3.05) is 13.1 Å². The van der Waals surface area contributed by atoms with Gasteiger partial charge in [0.05, 0.1) is 29.5 Å². The number of benzene rings is 1. The maximum absolute atomic E-state index is 6.09. The van der Waals surface area contributed by atoms with Crippen LogP contribution in [0.2, 0.25) is 0 Å². The predicted molar refractivity (Wildman–Crippen MR) is 146 cm³/mol. The van der Waals surface area contributed by atoms with Gasteiger partial charge in [0.2, 0.25) is 0 Å². The van der Waals surface area contributed by atoms with Crippen LogP contribution in [0.1, 0.15) is 50.1 Å². The van der Waals surface area contributed by atoms with Crippen molar-refractivity contribution >= 4 is 16.6 Å². The lowest BCUT2D eigenvalue weighted by Gasteiger charge is -2.41. The number of fused-ring (bicyclic) bond motifs is 4. The summed E-state index contributed by atoms with van der Waals surface area (Å²) in [4.78, 5) is 11.9. The molecule has 2 aliphatic heterocycles. The van der Waals surface area contributed by atoms with Crippen LogP contribution in [0.5, 0.6) is 0 Å². The molecule has 3 aliphatic rings. The van der Waals surface area contributed by atoms with Crippen molar-refractivity contribution < 1.29 is 4.74 Å². The highest BCUT2D eigenvalue weighted by Gasteiger charge is 2.38. The molecule has 8 rings (SSSR count). The molecule has 192 valence electrons. The van der Waals surface area contributed by atoms with Gasteiger partial charge in [0, 0.05) is 60.3 Å². The summed E-state index contributed by atoms with van der Waals surface area (Å²) in [6.07, 6.45) is 15.7. The molecular formula is C30H31N7O. The van der Waals surface area contributed by atoms with Crippen molar-refractivity contribution in [3.63, 3.8) is 0 Å². The normalized spacial score (nSPS) is 25.9. The summed E-state index contributed by atoms with van der Waals surface area (Å²) in [6, 6.07) is 13.2. The first-order chi connectivity index (χ1) is 18.8. The molecule has 1 N–H and O–H groups in total. The summed E-state index contributed by atoms with van der Waals surface area (Å²) in [7, 11) is 0. The lowest BCUT2D eigenvalue weighted by Crippen LogP contribution is -2.48. The molecule has 38 heavy (non-hydrogen) atoms. The molecule has 4 aromatic heterocycles. The highest BCUT2D eigenvalue weighted by molar-refractivity contribution is 6.02. The molecule has 2 bridgehead atoms. The summed E-state index contributed by atoms with van der Waals surface area (Å²) < 4.78 is 8.21. The molecule has 8 nitrogen and oxygen atoms in total. The van der Waals surface area contributed by atoms with Crippen molar-refractivity contribution in [1.29, 1.82) is 0 Å². The first kappa shape index (κ1) is 22.4. The molecule has 1 aliphatic carbocycles. The average molecular weight is 506 g/mol. The summed E-state index contributed by atoms with van der Waals surface area (Å²) >= 11 is 0. The lowest BCUT2D eigenvalue weighted by molar-refractivity contribution is -0.0579. The van der Waals surface area contributed by atoms with Gasteiger partial charge in [-0.2, -0.15) is 10.2 Å². The maximum Gasteiger partial charge on any atom is 0.163 e. The molecule has 6 heterocycles. The fourth-order valence-corrected chi connectivity index (χ4v) is 7.10. The highest BCUT2D eigenvalue weighted by Crippen LogP contribution is 2.41. The Labute approximate surface area is 221 Å². The van der Waals surface area contributed by atoms with E-state index in [4.69, 9.17) is 14.8 Å². The standard InChI is InChI=1S/C30H31N7O/c1-2-24(25-16-33-34-26(25)3-1)28-29(20-10-13-31-14-11-20)35-37-27(12-15-32-30(28)37)19-4-6-21(7-5-19)36-17-22-8-9-23(18-36)38-22/h1-3,10-16,19,21-23H,4-9,17-18H2,(H,33,34)/t19-,21+,22?,23?. The molecule has 3 fully saturated rings. The van der Waals surface area contributed by atoms with Gasteiger partial charge in [0.1, 0.15) is 5.69 Å². The number of likely N-dealkylation sites (tertiary alicyclic amines) is 1. The fraction of sp³-hybridized carbons (Fsp3) is 0.400. The molecule has 2 saturated heterocycles. The zero-order valence-electron chi connectivity index (χ0n) is 21.3. The molecule has 8 heteroatoms. The molecular weight excluding hydrogens is 474 g/mol. The molecule has 2 unspecified atom stereocenters. The average Bonchev–Trinajstić information content (AvgIpc) is 3.70. The number of aromatic amines is 1. The minimum atomic E-state index is 0.458. The Morgan fingerprint density at radius 3 is 2.50 bits per heavy atom. The number of ether oxygens (including phenoxy) is 1. The fourth-order valence-electron chi connectivity index (χ4n) is 7.10. The Hall–Kier alpha value is -3.62. The van der Waals surface area contributed by atoms with Crippen LogP contribution in [-0.4, -0.2) is 66.0 Å². The van der Waals surface area contributed by atoms with E-state index in [2.05, 4.69) is 48.9 Å². The molecule has 5 aromatic rings. The monoisotopic (exact) mass is 505 g/mol. The van der Waals surface area contributed by atoms with Crippen molar-refractivity contribution in [2.45, 2.75) is 62.7 Å². The van der Waals surface area contributed by atoms with E-state index < -0.39 is 0 Å². The number of aromatic nitrogens is 6. The van der Waals surface area contributed by atoms with Crippen molar-refractivity contribution in [1.82, 2.24) is 34.7 Å². The van der Waals surface area contributed by atoms with Gasteiger partial charge in [0.25, 0.3) is 0 Å². The molecule has 0 spiro atoms. The van der Waals surface area contributed by atoms with Crippen LogP contribution in [0.4, 0.5) is 0 Å². The number of hydrogen-bond donors (Lipinski definition) is 1. The summed E-state index contributed by atoms with van der Waals surface area (Å²) in [6.45, 7) is 2.23. The quantitative estimate of drug-likeness (QED) is 0.360. The van der Waals surface area contributed by atoms with Gasteiger partial charge in [-0.25, -0.2) is 9.50 Å². The first-order valence-electron chi connectivity index (χ1n) is 13.9. The Morgan fingerprint density at radius 2 is 1.68 bits per heavy atom. The third-order valence-corrected chi connectivity index (χ3v) is 8.96. The SMILES string of the molecule is c1cc(-c2c(-c3ccncc3)nn3c2nccc3[C@H]2CC[C@@H](N3CC4CCC(C3)O4)CC2)c2cn[nH]c2c1. The molecule has 2 atom stereocenters. The third kappa shape index (κ3) is 3.66. The second-order valence-electron chi connectivity index (χ2n) is 11.1. The van der Waals surface area contributed by atoms with Crippen molar-refractivity contribution in [3.05, 3.63) is 66.9 Å². The smallest absolute Gasteiger partial charge is 0.163 e. The van der Waals surface area contributed by atoms with Crippen LogP contribution in [0.15, 0.2) is 61.2 Å². The number of rotatable bonds is 4. The molecule has 0 radical (unpaired) electrons. The number of morpholine rings is 1. The second-order valence-corrected chi connectivity index (χ2v) is 11.1. The Balaban J connectivity index is 1.18. The highest BCUT2D eigenvalue weighted by atomic mass is 16.5. The minimum Gasteiger partial charge on any atom is -0.372 e. The minimum absolute atomic E-state index is 0.458. The molecule has 1 saturated carbocycles. The van der Waals surface area contributed by atoms with E-state index in [9.17, 15) is 0 Å². The van der Waals surface area contributed by atoms with Gasteiger partial charge < -0.3 is 4.74 Å². The summed E-state index contributed by atoms with van der Waals surface area (Å²) in [5.74, 6) is 0.470. The largest absolute Gasteiger partial charge is 0.372 e. The van der Waals surface area contributed by atoms with E-state index in [-0.39, 0.29) is 0 Å². The van der Waals surface area contributed by atoms with E-state index >= 15 is 0 Å². The summed E-state index contributed by atoms with van der Waals surface area (Å²) in [5.41, 5.74) is 7.27. The Morgan fingerprint density at radius 1 is 0.868 bits per heavy atom. The van der Waals surface area contributed by atoms with E-state index in [0.29, 0.717) is 24.2 Å². The number of hydrogen-bond acceptors (Lipinski definition) is 6. The number of pyridine rings is 1. The van der Waals surface area contributed by atoms with E-state index in [1.807, 2.05) is 36.9 Å². The van der Waals surface area contributed by atoms with Crippen molar-refractivity contribution in [2.24, 2.45) is 0 Å². The predicted octanol–water partition coefficient (Wildman–Crippen LogP) is 5.22. The van der Waals surface area contributed by atoms with E-state index in [1.54, 1.807) is 0 Å². The molecule has 0 amide bonds. The van der Waals surface area contributed by atoms with Gasteiger partial charge in [-0.3, -0.25) is 15.0 Å². The van der Waals surface area contributed by atoms with Crippen LogP contribution in [0, 0.1) is 0 Å².